The quantitative estimate of drug-likeness (QED) is 0.647. The average Bonchev–Trinajstić information content (AvgIpc) is 2.53. The molecule has 1 rings (SSSR count). The van der Waals surface area contributed by atoms with Gasteiger partial charge in [0.15, 0.2) is 0 Å². The van der Waals surface area contributed by atoms with E-state index >= 15 is 0 Å². The van der Waals surface area contributed by atoms with Gasteiger partial charge in [0.2, 0.25) is 5.91 Å². The number of carboxylic acids is 1. The van der Waals surface area contributed by atoms with Gasteiger partial charge in [-0.15, -0.1) is 0 Å². The first kappa shape index (κ1) is 18.8. The van der Waals surface area contributed by atoms with Crippen molar-refractivity contribution < 1.29 is 24.2 Å². The minimum atomic E-state index is -0.985. The molecule has 6 nitrogen and oxygen atoms in total. The number of carboxylic acid groups (broad SMARTS) is 1. The van der Waals surface area contributed by atoms with E-state index in [9.17, 15) is 9.59 Å². The summed E-state index contributed by atoms with van der Waals surface area (Å²) in [6, 6.07) is 4.48. The molecule has 128 valence electrons. The van der Waals surface area contributed by atoms with Crippen molar-refractivity contribution in [2.24, 2.45) is 0 Å². The molecular weight excluding hydrogens is 298 g/mol. The number of hydrogen-bond donors (Lipinski definition) is 2. The highest BCUT2D eigenvalue weighted by Crippen LogP contribution is 2.31. The van der Waals surface area contributed by atoms with Gasteiger partial charge < -0.3 is 19.9 Å². The lowest BCUT2D eigenvalue weighted by molar-refractivity contribution is -0.137. The molecule has 0 bridgehead atoms. The van der Waals surface area contributed by atoms with Crippen LogP contribution in [0.15, 0.2) is 18.2 Å². The summed E-state index contributed by atoms with van der Waals surface area (Å²) >= 11 is 0. The minimum Gasteiger partial charge on any atom is -0.497 e. The predicted molar refractivity (Wildman–Crippen MR) is 86.8 cm³/mol. The normalized spacial score (nSPS) is 11.6. The molecule has 0 fully saturated rings. The number of nitrogens with one attached hydrogen (secondary N) is 1. The standard InChI is InChI=1S/C17H25NO5/c1-4-5-6-7-16(19)18-14(11-17(20)21)13-9-8-12(22-2)10-15(13)23-3/h8-10,14H,4-7,11H2,1-3H3,(H,18,19)(H,20,21). The van der Waals surface area contributed by atoms with Crippen LogP contribution in [0.4, 0.5) is 0 Å². The average molecular weight is 323 g/mol. The Kier molecular flexibility index (Phi) is 7.94. The van der Waals surface area contributed by atoms with Crippen molar-refractivity contribution in [3.05, 3.63) is 23.8 Å². The summed E-state index contributed by atoms with van der Waals surface area (Å²) in [5.41, 5.74) is 0.625. The summed E-state index contributed by atoms with van der Waals surface area (Å²) in [5, 5.41) is 11.9. The molecule has 1 aromatic rings. The Morgan fingerprint density at radius 1 is 1.22 bits per heavy atom. The van der Waals surface area contributed by atoms with E-state index in [1.165, 1.54) is 7.11 Å². The number of amides is 1. The maximum atomic E-state index is 12.0. The summed E-state index contributed by atoms with van der Waals surface area (Å²) in [7, 11) is 3.04. The van der Waals surface area contributed by atoms with Gasteiger partial charge in [0.05, 0.1) is 26.7 Å². The molecule has 1 atom stereocenters. The molecule has 0 radical (unpaired) electrons. The number of methoxy groups -OCH3 is 2. The molecule has 0 saturated heterocycles. The zero-order valence-corrected chi connectivity index (χ0v) is 13.9. The fraction of sp³-hybridized carbons (Fsp3) is 0.529. The third-order valence-corrected chi connectivity index (χ3v) is 3.54. The van der Waals surface area contributed by atoms with Gasteiger partial charge >= 0.3 is 5.97 Å². The zero-order chi connectivity index (χ0) is 17.2. The molecule has 0 aliphatic carbocycles. The van der Waals surface area contributed by atoms with Crippen LogP contribution in [0.3, 0.4) is 0 Å². The number of hydrogen-bond acceptors (Lipinski definition) is 4. The zero-order valence-electron chi connectivity index (χ0n) is 13.9. The van der Waals surface area contributed by atoms with E-state index in [1.54, 1.807) is 25.3 Å². The lowest BCUT2D eigenvalue weighted by Gasteiger charge is -2.20. The first-order valence-corrected chi connectivity index (χ1v) is 7.74. The molecule has 2 N–H and O–H groups in total. The van der Waals surface area contributed by atoms with Gasteiger partial charge in [-0.05, 0) is 18.6 Å². The van der Waals surface area contributed by atoms with Gasteiger partial charge in [-0.25, -0.2) is 0 Å². The Bertz CT molecular complexity index is 530. The summed E-state index contributed by atoms with van der Waals surface area (Å²) < 4.78 is 10.4. The van der Waals surface area contributed by atoms with Crippen LogP contribution in [-0.4, -0.2) is 31.2 Å². The lowest BCUT2D eigenvalue weighted by Crippen LogP contribution is -2.30. The second kappa shape index (κ2) is 9.71. The van der Waals surface area contributed by atoms with E-state index in [0.29, 0.717) is 23.5 Å². The van der Waals surface area contributed by atoms with Crippen LogP contribution in [0.2, 0.25) is 0 Å². The summed E-state index contributed by atoms with van der Waals surface area (Å²) in [6.07, 6.45) is 2.98. The molecule has 6 heteroatoms. The molecular formula is C17H25NO5. The number of carbonyl (C=O) groups is 2. The number of benzene rings is 1. The van der Waals surface area contributed by atoms with Crippen LogP contribution in [0.5, 0.6) is 11.5 Å². The van der Waals surface area contributed by atoms with Crippen molar-refractivity contribution in [2.45, 2.75) is 45.1 Å². The van der Waals surface area contributed by atoms with E-state index in [4.69, 9.17) is 14.6 Å². The van der Waals surface area contributed by atoms with Gasteiger partial charge in [-0.1, -0.05) is 19.8 Å². The molecule has 0 aliphatic heterocycles. The Morgan fingerprint density at radius 3 is 2.52 bits per heavy atom. The lowest BCUT2D eigenvalue weighted by atomic mass is 10.0. The smallest absolute Gasteiger partial charge is 0.305 e. The summed E-state index contributed by atoms with van der Waals surface area (Å²) in [5.74, 6) is -0.0392. The van der Waals surface area contributed by atoms with E-state index < -0.39 is 12.0 Å². The van der Waals surface area contributed by atoms with Gasteiger partial charge in [0, 0.05) is 18.1 Å². The predicted octanol–water partition coefficient (Wildman–Crippen LogP) is 2.92. The second-order valence-electron chi connectivity index (χ2n) is 5.28. The molecule has 1 aromatic carbocycles. The molecule has 1 unspecified atom stereocenters. The van der Waals surface area contributed by atoms with Gasteiger partial charge in [0.25, 0.3) is 0 Å². The van der Waals surface area contributed by atoms with Crippen molar-refractivity contribution in [3.8, 4) is 11.5 Å². The van der Waals surface area contributed by atoms with Crippen LogP contribution in [0.1, 0.15) is 50.6 Å². The van der Waals surface area contributed by atoms with E-state index in [-0.39, 0.29) is 12.3 Å². The van der Waals surface area contributed by atoms with Gasteiger partial charge in [0.1, 0.15) is 11.5 Å². The van der Waals surface area contributed by atoms with Crippen LogP contribution in [-0.2, 0) is 9.59 Å². The van der Waals surface area contributed by atoms with Crippen molar-refractivity contribution in [1.29, 1.82) is 0 Å². The molecule has 0 aliphatic rings. The number of rotatable bonds is 10. The SMILES string of the molecule is CCCCCC(=O)NC(CC(=O)O)c1ccc(OC)cc1OC. The van der Waals surface area contributed by atoms with E-state index in [2.05, 4.69) is 12.2 Å². The Balaban J connectivity index is 2.93. The highest BCUT2D eigenvalue weighted by molar-refractivity contribution is 5.78. The highest BCUT2D eigenvalue weighted by atomic mass is 16.5. The van der Waals surface area contributed by atoms with Crippen LogP contribution >= 0.6 is 0 Å². The molecule has 1 amide bonds. The van der Waals surface area contributed by atoms with Crippen molar-refractivity contribution in [1.82, 2.24) is 5.32 Å². The van der Waals surface area contributed by atoms with Crippen molar-refractivity contribution in [2.75, 3.05) is 14.2 Å². The van der Waals surface area contributed by atoms with Crippen molar-refractivity contribution in [3.63, 3.8) is 0 Å². The van der Waals surface area contributed by atoms with Gasteiger partial charge in [-0.2, -0.15) is 0 Å². The Hall–Kier alpha value is -2.24. The van der Waals surface area contributed by atoms with Crippen LogP contribution in [0.25, 0.3) is 0 Å². The highest BCUT2D eigenvalue weighted by Gasteiger charge is 2.21. The summed E-state index contributed by atoms with van der Waals surface area (Å²) in [6.45, 7) is 2.06. The fourth-order valence-electron chi connectivity index (χ4n) is 2.32. The maximum Gasteiger partial charge on any atom is 0.305 e. The number of carbonyl (C=O) groups excluding carboxylic acids is 1. The number of unbranched alkanes of at least 4 members (excludes halogenated alkanes) is 2. The molecule has 0 aromatic heterocycles. The van der Waals surface area contributed by atoms with Gasteiger partial charge in [-0.3, -0.25) is 9.59 Å². The summed E-state index contributed by atoms with van der Waals surface area (Å²) in [4.78, 5) is 23.2. The topological polar surface area (TPSA) is 84.9 Å². The second-order valence-corrected chi connectivity index (χ2v) is 5.28. The minimum absolute atomic E-state index is 0.150. The monoisotopic (exact) mass is 323 g/mol. The molecule has 0 spiro atoms. The first-order valence-electron chi connectivity index (χ1n) is 7.74. The number of aliphatic carboxylic acids is 1. The maximum absolute atomic E-state index is 12.0. The molecule has 0 saturated carbocycles. The third-order valence-electron chi connectivity index (χ3n) is 3.54. The van der Waals surface area contributed by atoms with Crippen molar-refractivity contribution >= 4 is 11.9 Å². The van der Waals surface area contributed by atoms with Crippen LogP contribution < -0.4 is 14.8 Å². The molecule has 23 heavy (non-hydrogen) atoms. The Labute approximate surface area is 136 Å². The fourth-order valence-corrected chi connectivity index (χ4v) is 2.32. The number of ether oxygens (including phenoxy) is 2. The largest absolute Gasteiger partial charge is 0.497 e. The molecule has 0 heterocycles. The Morgan fingerprint density at radius 2 is 1.96 bits per heavy atom. The van der Waals surface area contributed by atoms with E-state index in [0.717, 1.165) is 19.3 Å². The third kappa shape index (κ3) is 6.18. The first-order chi connectivity index (χ1) is 11.0. The van der Waals surface area contributed by atoms with E-state index in [1.807, 2.05) is 0 Å². The van der Waals surface area contributed by atoms with Crippen LogP contribution in [0, 0.1) is 0 Å².